The maximum absolute atomic E-state index is 13.7. The summed E-state index contributed by atoms with van der Waals surface area (Å²) in [5.74, 6) is 0.942. The molecule has 4 atom stereocenters. The normalized spacial score (nSPS) is 20.2. The highest BCUT2D eigenvalue weighted by molar-refractivity contribution is 6.74. The van der Waals surface area contributed by atoms with E-state index in [0.29, 0.717) is 56.3 Å². The van der Waals surface area contributed by atoms with Crippen LogP contribution in [0.3, 0.4) is 0 Å². The summed E-state index contributed by atoms with van der Waals surface area (Å²) in [6.07, 6.45) is 0.632. The number of amides is 2. The van der Waals surface area contributed by atoms with Crippen LogP contribution < -0.4 is 26.2 Å². The molecule has 2 bridgehead atoms. The van der Waals surface area contributed by atoms with E-state index in [9.17, 15) is 19.5 Å². The SMILES string of the molecule is CC(C)(C)[Si](C)(C)O[C@@H](CNC1CCN(C(=O)c2ccc(COc3cccc(C(NC(=O)OC4C5CNCC4COC5)c4ccccc4)c3)cc2)CC1)c1ccc(O)c2[nH]c(=O)ccc12. The van der Waals surface area contributed by atoms with Crippen LogP contribution in [0.2, 0.25) is 18.1 Å². The van der Waals surface area contributed by atoms with Crippen LogP contribution in [0.5, 0.6) is 11.5 Å². The number of aromatic nitrogens is 1. The average Bonchev–Trinajstić information content (AvgIpc) is 3.29. The number of aromatic amines is 1. The summed E-state index contributed by atoms with van der Waals surface area (Å²) in [6.45, 7) is 15.9. The van der Waals surface area contributed by atoms with E-state index >= 15 is 0 Å². The van der Waals surface area contributed by atoms with Crippen molar-refractivity contribution in [1.29, 1.82) is 0 Å². The number of likely N-dealkylation sites (tertiary alicyclic amines) is 1. The molecule has 3 saturated heterocycles. The molecule has 3 aliphatic rings. The van der Waals surface area contributed by atoms with Gasteiger partial charge in [0.25, 0.3) is 5.91 Å². The first-order chi connectivity index (χ1) is 31.2. The number of H-pyrrole nitrogens is 1. The number of rotatable bonds is 14. The Morgan fingerprint density at radius 1 is 0.892 bits per heavy atom. The van der Waals surface area contributed by atoms with Crippen LogP contribution in [0.25, 0.3) is 10.9 Å². The maximum Gasteiger partial charge on any atom is 0.408 e. The zero-order valence-corrected chi connectivity index (χ0v) is 39.1. The molecule has 14 heteroatoms. The number of nitrogens with one attached hydrogen (secondary N) is 4. The van der Waals surface area contributed by atoms with Gasteiger partial charge in [-0.3, -0.25) is 9.59 Å². The van der Waals surface area contributed by atoms with E-state index < -0.39 is 20.5 Å². The van der Waals surface area contributed by atoms with Gasteiger partial charge in [-0.2, -0.15) is 0 Å². The fraction of sp³-hybridized carbons (Fsp3) is 0.431. The molecule has 65 heavy (non-hydrogen) atoms. The third-order valence-corrected chi connectivity index (χ3v) is 18.2. The topological polar surface area (TPSA) is 163 Å². The minimum Gasteiger partial charge on any atom is -0.506 e. The second-order valence-electron chi connectivity index (χ2n) is 19.3. The number of alkyl carbamates (subject to hydrolysis) is 1. The maximum atomic E-state index is 13.7. The average molecular weight is 902 g/mol. The van der Waals surface area contributed by atoms with E-state index in [2.05, 4.69) is 54.8 Å². The van der Waals surface area contributed by atoms with Gasteiger partial charge in [-0.05, 0) is 89.6 Å². The minimum absolute atomic E-state index is 0.00184. The van der Waals surface area contributed by atoms with Crippen LogP contribution in [0.15, 0.2) is 108 Å². The van der Waals surface area contributed by atoms with Gasteiger partial charge in [0.1, 0.15) is 24.2 Å². The van der Waals surface area contributed by atoms with Crippen LogP contribution in [0.1, 0.15) is 78.4 Å². The highest BCUT2D eigenvalue weighted by Crippen LogP contribution is 2.41. The molecule has 4 aromatic carbocycles. The highest BCUT2D eigenvalue weighted by atomic mass is 28.4. The first-order valence-electron chi connectivity index (χ1n) is 22.9. The molecule has 0 spiro atoms. The zero-order valence-electron chi connectivity index (χ0n) is 38.1. The van der Waals surface area contributed by atoms with Crippen molar-refractivity contribution in [3.63, 3.8) is 0 Å². The van der Waals surface area contributed by atoms with E-state index in [-0.39, 0.29) is 52.3 Å². The van der Waals surface area contributed by atoms with Gasteiger partial charge in [0.2, 0.25) is 5.56 Å². The molecule has 4 heterocycles. The van der Waals surface area contributed by atoms with Crippen molar-refractivity contribution in [2.45, 2.75) is 82.6 Å². The number of phenols is 1. The zero-order chi connectivity index (χ0) is 45.7. The number of nitrogens with zero attached hydrogens (tertiary/aromatic N) is 1. The first-order valence-corrected chi connectivity index (χ1v) is 25.8. The molecule has 5 aromatic rings. The standard InChI is InChI=1S/C51H63N5O8Si/c1-51(2,3)65(4,5)64-44(41-18-20-43(57)47-42(41)19-21-45(58)54-47)29-53-39-22-24-56(25-23-39)49(59)35-16-14-33(15-17-35)30-62-40-13-9-12-36(26-40)46(34-10-7-6-8-11-34)55-50(60)63-48-37-27-52-28-38(48)32-61-31-37/h6-21,26,37-39,44,46,48,52-53,57H,22-25,27-32H2,1-5H3,(H,54,58)(H,55,60)/t37?,38?,44-,46?,48?/m0/s1. The van der Waals surface area contributed by atoms with Crippen molar-refractivity contribution >= 4 is 31.2 Å². The molecule has 0 saturated carbocycles. The predicted molar refractivity (Wildman–Crippen MR) is 254 cm³/mol. The van der Waals surface area contributed by atoms with Crippen LogP contribution in [0, 0.1) is 11.8 Å². The lowest BCUT2D eigenvalue weighted by Crippen LogP contribution is -2.56. The number of carbonyl (C=O) groups excluding carboxylic acids is 2. The third-order valence-electron chi connectivity index (χ3n) is 13.7. The monoisotopic (exact) mass is 901 g/mol. The van der Waals surface area contributed by atoms with Gasteiger partial charge in [0, 0.05) is 67.6 Å². The lowest BCUT2D eigenvalue weighted by Gasteiger charge is -2.41. The van der Waals surface area contributed by atoms with Gasteiger partial charge < -0.3 is 49.6 Å². The van der Waals surface area contributed by atoms with E-state index in [4.69, 9.17) is 18.6 Å². The Morgan fingerprint density at radius 3 is 2.31 bits per heavy atom. The van der Waals surface area contributed by atoms with Crippen molar-refractivity contribution in [3.8, 4) is 11.5 Å². The number of ether oxygens (including phenoxy) is 3. The molecule has 1 aromatic heterocycles. The Morgan fingerprint density at radius 2 is 1.60 bits per heavy atom. The number of phenolic OH excluding ortho intramolecular Hbond substituents is 1. The fourth-order valence-electron chi connectivity index (χ4n) is 8.95. The summed E-state index contributed by atoms with van der Waals surface area (Å²) in [4.78, 5) is 44.0. The summed E-state index contributed by atoms with van der Waals surface area (Å²) in [7, 11) is -2.23. The smallest absolute Gasteiger partial charge is 0.408 e. The van der Waals surface area contributed by atoms with Crippen molar-refractivity contribution < 1.29 is 33.3 Å². The van der Waals surface area contributed by atoms with Gasteiger partial charge in [-0.1, -0.05) is 81.4 Å². The lowest BCUT2D eigenvalue weighted by atomic mass is 9.86. The second kappa shape index (κ2) is 19.9. The molecule has 344 valence electrons. The number of aromatic hydroxyl groups is 1. The molecule has 3 fully saturated rings. The molecule has 13 nitrogen and oxygen atoms in total. The minimum atomic E-state index is -2.23. The molecule has 2 amide bonds. The fourth-order valence-corrected chi connectivity index (χ4v) is 10.2. The summed E-state index contributed by atoms with van der Waals surface area (Å²) >= 11 is 0. The van der Waals surface area contributed by atoms with Crippen LogP contribution in [0.4, 0.5) is 4.79 Å². The van der Waals surface area contributed by atoms with Gasteiger partial charge in [0.15, 0.2) is 8.32 Å². The number of fused-ring (bicyclic) bond motifs is 3. The molecule has 0 radical (unpaired) electrons. The van der Waals surface area contributed by atoms with Gasteiger partial charge >= 0.3 is 6.09 Å². The number of pyridine rings is 1. The van der Waals surface area contributed by atoms with E-state index in [1.165, 1.54) is 6.07 Å². The van der Waals surface area contributed by atoms with Crippen LogP contribution in [-0.4, -0.2) is 93.4 Å². The Balaban J connectivity index is 0.855. The van der Waals surface area contributed by atoms with Crippen molar-refractivity contribution in [2.75, 3.05) is 45.9 Å². The van der Waals surface area contributed by atoms with Gasteiger partial charge in [0.05, 0.1) is 30.9 Å². The number of hydrogen-bond acceptors (Lipinski definition) is 10. The molecule has 3 aliphatic heterocycles. The summed E-state index contributed by atoms with van der Waals surface area (Å²) < 4.78 is 25.1. The summed E-state index contributed by atoms with van der Waals surface area (Å²) in [6, 6.07) is 31.7. The number of hydrogen-bond donors (Lipinski definition) is 5. The molecular weight excluding hydrogens is 839 g/mol. The van der Waals surface area contributed by atoms with E-state index in [0.717, 1.165) is 53.6 Å². The summed E-state index contributed by atoms with van der Waals surface area (Å²) in [5.41, 5.74) is 4.39. The quantitative estimate of drug-likeness (QED) is 0.0695. The number of piperidine rings is 2. The Bertz CT molecular complexity index is 2460. The van der Waals surface area contributed by atoms with Crippen molar-refractivity contribution in [2.24, 2.45) is 11.8 Å². The second-order valence-corrected chi connectivity index (χ2v) is 24.0. The molecule has 0 aliphatic carbocycles. The predicted octanol–water partition coefficient (Wildman–Crippen LogP) is 7.82. The lowest BCUT2D eigenvalue weighted by molar-refractivity contribution is -0.0974. The van der Waals surface area contributed by atoms with E-state index in [1.54, 1.807) is 12.1 Å². The van der Waals surface area contributed by atoms with E-state index in [1.807, 2.05) is 89.8 Å². The Kier molecular flexibility index (Phi) is 14.1. The van der Waals surface area contributed by atoms with Crippen LogP contribution in [-0.2, 0) is 20.5 Å². The van der Waals surface area contributed by atoms with Crippen molar-refractivity contribution in [3.05, 3.63) is 141 Å². The Labute approximate surface area is 382 Å². The largest absolute Gasteiger partial charge is 0.506 e. The van der Waals surface area contributed by atoms with Gasteiger partial charge in [-0.25, -0.2) is 4.79 Å². The first kappa shape index (κ1) is 46.0. The third kappa shape index (κ3) is 11.0. The van der Waals surface area contributed by atoms with Crippen molar-refractivity contribution in [1.82, 2.24) is 25.8 Å². The number of benzene rings is 4. The molecule has 8 rings (SSSR count). The molecule has 5 N–H and O–H groups in total. The van der Waals surface area contributed by atoms with Crippen LogP contribution >= 0.6 is 0 Å². The highest BCUT2D eigenvalue weighted by Gasteiger charge is 2.41. The summed E-state index contributed by atoms with van der Waals surface area (Å²) in [5, 5.41) is 21.6. The number of carbonyl (C=O) groups is 2. The molecule has 3 unspecified atom stereocenters. The Hall–Kier alpha value is -5.51. The van der Waals surface area contributed by atoms with Gasteiger partial charge in [-0.15, -0.1) is 0 Å². The molecular formula is C51H63N5O8Si.